The van der Waals surface area contributed by atoms with Crippen molar-refractivity contribution in [3.05, 3.63) is 179 Å². The summed E-state index contributed by atoms with van der Waals surface area (Å²) in [7, 11) is 0. The van der Waals surface area contributed by atoms with Crippen molar-refractivity contribution in [3.63, 3.8) is 0 Å². The van der Waals surface area contributed by atoms with Gasteiger partial charge in [-0.2, -0.15) is 0 Å². The number of benzene rings is 5. The third kappa shape index (κ3) is 14.4. The van der Waals surface area contributed by atoms with Gasteiger partial charge in [-0.1, -0.05) is 165 Å². The van der Waals surface area contributed by atoms with E-state index in [1.807, 2.05) is 140 Å². The number of aliphatic hydroxyl groups is 2. The Kier molecular flexibility index (Phi) is 18.5. The summed E-state index contributed by atoms with van der Waals surface area (Å²) < 4.78 is 40.2. The van der Waals surface area contributed by atoms with Crippen molar-refractivity contribution in [2.75, 3.05) is 13.2 Å². The van der Waals surface area contributed by atoms with Crippen LogP contribution in [-0.2, 0) is 54.8 Å². The predicted molar refractivity (Wildman–Crippen MR) is 234 cm³/mol. The monoisotopic (exact) mass is 831 g/mol. The number of carbonyl (C=O) groups excluding carboxylic acids is 1. The molecule has 0 aromatic heterocycles. The lowest BCUT2D eigenvalue weighted by molar-refractivity contribution is -0.329. The minimum Gasteiger partial charge on any atom is -0.390 e. The lowest BCUT2D eigenvalue weighted by atomic mass is 9.97. The van der Waals surface area contributed by atoms with Crippen LogP contribution in [0.4, 0.5) is 0 Å². The zero-order valence-corrected chi connectivity index (χ0v) is 35.3. The molecule has 324 valence electrons. The molecule has 1 fully saturated rings. The minimum absolute atomic E-state index is 0.136. The number of carbonyl (C=O) groups is 1. The highest BCUT2D eigenvalue weighted by molar-refractivity contribution is 5.94. The van der Waals surface area contributed by atoms with Crippen molar-refractivity contribution in [2.45, 2.75) is 115 Å². The molecule has 5 aromatic rings. The molecule has 1 aliphatic rings. The quantitative estimate of drug-likeness (QED) is 0.0530. The largest absolute Gasteiger partial charge is 0.390 e. The van der Waals surface area contributed by atoms with Gasteiger partial charge in [0.25, 0.3) is 5.91 Å². The molecule has 0 aliphatic carbocycles. The third-order valence-electron chi connectivity index (χ3n) is 10.8. The molecule has 0 saturated carbocycles. The summed E-state index contributed by atoms with van der Waals surface area (Å²) in [5.74, 6) is -0.402. The summed E-state index contributed by atoms with van der Waals surface area (Å²) >= 11 is 0. The first-order valence-corrected chi connectivity index (χ1v) is 21.5. The number of aliphatic hydroxyl groups excluding tert-OH is 2. The van der Waals surface area contributed by atoms with Crippen LogP contribution < -0.4 is 5.32 Å². The Balaban J connectivity index is 1.32. The molecule has 6 rings (SSSR count). The smallest absolute Gasteiger partial charge is 0.251 e. The molecular formula is C51H61NO9. The van der Waals surface area contributed by atoms with Crippen LogP contribution in [0.5, 0.6) is 0 Å². The zero-order valence-electron chi connectivity index (χ0n) is 35.3. The van der Waals surface area contributed by atoms with Crippen molar-refractivity contribution in [2.24, 2.45) is 0 Å². The van der Waals surface area contributed by atoms with E-state index in [0.29, 0.717) is 18.6 Å². The van der Waals surface area contributed by atoms with Gasteiger partial charge in [0.1, 0.15) is 30.5 Å². The average molecular weight is 832 g/mol. The maximum Gasteiger partial charge on any atom is 0.251 e. The van der Waals surface area contributed by atoms with Crippen LogP contribution in [0, 0.1) is 6.92 Å². The summed E-state index contributed by atoms with van der Waals surface area (Å²) in [6.07, 6.45) is -3.51. The van der Waals surface area contributed by atoms with Crippen LogP contribution in [0.3, 0.4) is 0 Å². The van der Waals surface area contributed by atoms with Gasteiger partial charge in [0.05, 0.1) is 51.8 Å². The van der Waals surface area contributed by atoms with Gasteiger partial charge in [0.2, 0.25) is 0 Å². The van der Waals surface area contributed by atoms with Crippen LogP contribution in [0.2, 0.25) is 0 Å². The fourth-order valence-electron chi connectivity index (χ4n) is 7.30. The second kappa shape index (κ2) is 24.6. The molecular weight excluding hydrogens is 771 g/mol. The number of hydrogen-bond donors (Lipinski definition) is 3. The molecule has 5 aromatic carbocycles. The molecule has 0 spiro atoms. The minimum atomic E-state index is -1.34. The number of rotatable bonds is 24. The molecule has 3 N–H and O–H groups in total. The highest BCUT2D eigenvalue weighted by atomic mass is 16.7. The summed E-state index contributed by atoms with van der Waals surface area (Å²) in [5, 5.41) is 25.8. The lowest BCUT2D eigenvalue weighted by Crippen LogP contribution is -2.62. The van der Waals surface area contributed by atoms with Gasteiger partial charge in [-0.25, -0.2) is 0 Å². The average Bonchev–Trinajstić information content (AvgIpc) is 3.30. The first-order chi connectivity index (χ1) is 29.9. The fraction of sp³-hybridized carbons (Fsp3) is 0.392. The molecule has 1 amide bonds. The number of amides is 1. The molecule has 0 bridgehead atoms. The molecule has 1 heterocycles. The summed E-state index contributed by atoms with van der Waals surface area (Å²) in [6.45, 7) is 5.04. The van der Waals surface area contributed by atoms with Crippen LogP contribution in [0.1, 0.15) is 70.8 Å². The summed E-state index contributed by atoms with van der Waals surface area (Å²) in [6, 6.07) is 45.7. The Labute approximate surface area is 360 Å². The maximum absolute atomic E-state index is 13.7. The standard InChI is InChI=1S/C51H61NO9/c1-3-4-9-26-44(53)46(54)43(52-50(55)42-29-27-37(2)28-30-42)35-60-51-49(59-34-41-24-16-8-17-25-41)48(58-33-40-22-14-7-15-23-40)47(57-32-39-20-12-6-13-21-39)45(61-51)36-56-31-38-18-10-5-11-19-38/h5-8,10-25,27-30,43-49,51,53-54H,3-4,9,26,31-36H2,1-2H3,(H,52,55)/t43-,44+,45?,46-,47?,48?,49?,51?/m0/s1. The molecule has 61 heavy (non-hydrogen) atoms. The van der Waals surface area contributed by atoms with E-state index in [1.54, 1.807) is 12.1 Å². The van der Waals surface area contributed by atoms with E-state index in [4.69, 9.17) is 28.4 Å². The van der Waals surface area contributed by atoms with Gasteiger partial charge in [-0.3, -0.25) is 4.79 Å². The molecule has 10 nitrogen and oxygen atoms in total. The second-order valence-electron chi connectivity index (χ2n) is 15.7. The SMILES string of the molecule is CCCCC[C@@H](O)[C@@H](O)[C@H](COC1OC(COCc2ccccc2)C(OCc2ccccc2)C(OCc2ccccc2)C1OCc1ccccc1)NC(=O)c1ccc(C)cc1. The van der Waals surface area contributed by atoms with E-state index in [0.717, 1.165) is 47.1 Å². The molecule has 1 saturated heterocycles. The molecule has 1 aliphatic heterocycles. The van der Waals surface area contributed by atoms with E-state index < -0.39 is 54.9 Å². The fourth-order valence-corrected chi connectivity index (χ4v) is 7.30. The first-order valence-electron chi connectivity index (χ1n) is 21.5. The highest BCUT2D eigenvalue weighted by Crippen LogP contribution is 2.32. The van der Waals surface area contributed by atoms with E-state index in [9.17, 15) is 15.0 Å². The maximum atomic E-state index is 13.7. The van der Waals surface area contributed by atoms with E-state index in [1.165, 1.54) is 0 Å². The Morgan fingerprint density at radius 1 is 0.623 bits per heavy atom. The topological polar surface area (TPSA) is 125 Å². The lowest BCUT2D eigenvalue weighted by Gasteiger charge is -2.46. The van der Waals surface area contributed by atoms with Crippen LogP contribution >= 0.6 is 0 Å². The number of ether oxygens (including phenoxy) is 6. The van der Waals surface area contributed by atoms with Crippen LogP contribution in [-0.4, -0.2) is 78.3 Å². The van der Waals surface area contributed by atoms with Crippen molar-refractivity contribution in [1.29, 1.82) is 0 Å². The van der Waals surface area contributed by atoms with Crippen LogP contribution in [0.15, 0.2) is 146 Å². The van der Waals surface area contributed by atoms with Gasteiger partial charge in [0, 0.05) is 5.56 Å². The van der Waals surface area contributed by atoms with Crippen molar-refractivity contribution >= 4 is 5.91 Å². The van der Waals surface area contributed by atoms with Crippen molar-refractivity contribution in [3.8, 4) is 0 Å². The van der Waals surface area contributed by atoms with Gasteiger partial charge in [0.15, 0.2) is 6.29 Å². The Morgan fingerprint density at radius 3 is 1.64 bits per heavy atom. The van der Waals surface area contributed by atoms with Gasteiger partial charge in [-0.15, -0.1) is 0 Å². The molecule has 8 atom stereocenters. The number of aryl methyl sites for hydroxylation is 1. The zero-order chi connectivity index (χ0) is 42.7. The third-order valence-corrected chi connectivity index (χ3v) is 10.8. The first kappa shape index (κ1) is 45.8. The predicted octanol–water partition coefficient (Wildman–Crippen LogP) is 8.11. The van der Waals surface area contributed by atoms with Crippen LogP contribution in [0.25, 0.3) is 0 Å². The number of hydrogen-bond acceptors (Lipinski definition) is 9. The van der Waals surface area contributed by atoms with Gasteiger partial charge < -0.3 is 44.0 Å². The second-order valence-corrected chi connectivity index (χ2v) is 15.7. The normalized spacial score (nSPS) is 20.4. The molecule has 5 unspecified atom stereocenters. The Hall–Kier alpha value is -4.75. The van der Waals surface area contributed by atoms with Crippen molar-refractivity contribution < 1.29 is 43.4 Å². The summed E-state index contributed by atoms with van der Waals surface area (Å²) in [4.78, 5) is 13.7. The van der Waals surface area contributed by atoms with E-state index in [2.05, 4.69) is 12.2 Å². The molecule has 0 radical (unpaired) electrons. The van der Waals surface area contributed by atoms with Gasteiger partial charge >= 0.3 is 0 Å². The number of nitrogens with one attached hydrogen (secondary N) is 1. The van der Waals surface area contributed by atoms with Gasteiger partial charge in [-0.05, 0) is 47.7 Å². The number of unbranched alkanes of at least 4 members (excludes halogenated alkanes) is 2. The summed E-state index contributed by atoms with van der Waals surface area (Å²) in [5.41, 5.74) is 5.32. The van der Waals surface area contributed by atoms with Crippen molar-refractivity contribution in [1.82, 2.24) is 5.32 Å². The Morgan fingerprint density at radius 2 is 1.11 bits per heavy atom. The highest BCUT2D eigenvalue weighted by Gasteiger charge is 2.49. The Bertz CT molecular complexity index is 1950. The van der Waals surface area contributed by atoms with E-state index >= 15 is 0 Å². The van der Waals surface area contributed by atoms with E-state index in [-0.39, 0.29) is 33.0 Å². The molecule has 10 heteroatoms.